The highest BCUT2D eigenvalue weighted by Crippen LogP contribution is 2.56. The van der Waals surface area contributed by atoms with Gasteiger partial charge in [0.2, 0.25) is 0 Å². The lowest BCUT2D eigenvalue weighted by atomic mass is 9.77. The Balaban J connectivity index is 1.77. The number of benzene rings is 3. The molecule has 2 aliphatic rings. The maximum atomic E-state index is 12.8. The Kier molecular flexibility index (Phi) is 4.14. The van der Waals surface area contributed by atoms with Crippen LogP contribution in [-0.4, -0.2) is 18.1 Å². The van der Waals surface area contributed by atoms with E-state index < -0.39 is 5.60 Å². The Bertz CT molecular complexity index is 1140. The van der Waals surface area contributed by atoms with Crippen LogP contribution in [0.5, 0.6) is 11.5 Å². The van der Waals surface area contributed by atoms with Crippen molar-refractivity contribution >= 4 is 11.7 Å². The number of ether oxygens (including phenoxy) is 2. The van der Waals surface area contributed by atoms with Crippen molar-refractivity contribution < 1.29 is 14.3 Å². The maximum absolute atomic E-state index is 12.8. The van der Waals surface area contributed by atoms with Crippen LogP contribution in [0.2, 0.25) is 0 Å². The van der Waals surface area contributed by atoms with Gasteiger partial charge < -0.3 is 14.4 Å². The molecule has 152 valence electrons. The normalized spacial score (nSPS) is 18.7. The molecular weight excluding hydrogens is 374 g/mol. The molecule has 4 nitrogen and oxygen atoms in total. The molecule has 3 aromatic rings. The molecule has 0 N–H and O–H groups in total. The lowest BCUT2D eigenvalue weighted by Crippen LogP contribution is -2.37. The summed E-state index contributed by atoms with van der Waals surface area (Å²) in [6.07, 6.45) is 0. The van der Waals surface area contributed by atoms with E-state index in [2.05, 4.69) is 44.7 Å². The van der Waals surface area contributed by atoms with Crippen molar-refractivity contribution in [2.24, 2.45) is 0 Å². The zero-order valence-corrected chi connectivity index (χ0v) is 17.7. The lowest BCUT2D eigenvalue weighted by Gasteiger charge is -2.38. The van der Waals surface area contributed by atoms with Crippen molar-refractivity contribution in [1.82, 2.24) is 0 Å². The molecule has 0 saturated heterocycles. The first-order valence-corrected chi connectivity index (χ1v) is 10.5. The minimum Gasteiger partial charge on any atom is -0.456 e. The van der Waals surface area contributed by atoms with Gasteiger partial charge in [-0.2, -0.15) is 0 Å². The topological polar surface area (TPSA) is 38.8 Å². The number of anilines is 1. The van der Waals surface area contributed by atoms with Crippen LogP contribution < -0.4 is 9.64 Å². The first kappa shape index (κ1) is 18.7. The minimum atomic E-state index is -0.989. The molecule has 0 saturated carbocycles. The molecule has 2 heterocycles. The number of carbonyl (C=O) groups is 1. The monoisotopic (exact) mass is 399 g/mol. The lowest BCUT2D eigenvalue weighted by molar-refractivity contribution is 0.0224. The van der Waals surface area contributed by atoms with Crippen LogP contribution in [0.15, 0.2) is 66.7 Å². The minimum absolute atomic E-state index is 0.302. The smallest absolute Gasteiger partial charge is 0.340 e. The highest BCUT2D eigenvalue weighted by molar-refractivity contribution is 5.97. The van der Waals surface area contributed by atoms with Crippen LogP contribution in [0.1, 0.15) is 54.7 Å². The van der Waals surface area contributed by atoms with E-state index in [4.69, 9.17) is 9.47 Å². The van der Waals surface area contributed by atoms with Gasteiger partial charge in [0.1, 0.15) is 11.5 Å². The van der Waals surface area contributed by atoms with Crippen LogP contribution in [0, 0.1) is 0 Å². The average Bonchev–Trinajstić information content (AvgIpc) is 3.01. The summed E-state index contributed by atoms with van der Waals surface area (Å²) in [6, 6.07) is 22.4. The fraction of sp³-hybridized carbons (Fsp3) is 0.269. The molecule has 0 radical (unpaired) electrons. The number of esters is 1. The number of rotatable bonds is 3. The molecular formula is C26H25NO3. The molecule has 0 aromatic heterocycles. The van der Waals surface area contributed by atoms with Crippen molar-refractivity contribution in [2.45, 2.75) is 45.4 Å². The second-order valence-electron chi connectivity index (χ2n) is 8.49. The van der Waals surface area contributed by atoms with Gasteiger partial charge in [0.25, 0.3) is 0 Å². The highest BCUT2D eigenvalue weighted by Gasteiger charge is 2.53. The van der Waals surface area contributed by atoms with Gasteiger partial charge in [0.05, 0.1) is 5.56 Å². The van der Waals surface area contributed by atoms with E-state index in [0.717, 1.165) is 28.1 Å². The van der Waals surface area contributed by atoms with Gasteiger partial charge in [-0.05, 0) is 52.0 Å². The Morgan fingerprint density at radius 1 is 0.767 bits per heavy atom. The van der Waals surface area contributed by atoms with E-state index in [1.165, 1.54) is 0 Å². The molecule has 30 heavy (non-hydrogen) atoms. The van der Waals surface area contributed by atoms with E-state index >= 15 is 0 Å². The second-order valence-corrected chi connectivity index (χ2v) is 8.49. The molecule has 1 atom stereocenters. The fourth-order valence-corrected chi connectivity index (χ4v) is 4.97. The molecule has 0 fully saturated rings. The summed E-state index contributed by atoms with van der Waals surface area (Å²) in [4.78, 5) is 15.2. The highest BCUT2D eigenvalue weighted by atomic mass is 16.6. The molecule has 3 aromatic carbocycles. The van der Waals surface area contributed by atoms with Crippen LogP contribution in [0.25, 0.3) is 0 Å². The summed E-state index contributed by atoms with van der Waals surface area (Å²) >= 11 is 0. The van der Waals surface area contributed by atoms with Crippen LogP contribution in [-0.2, 0) is 10.3 Å². The van der Waals surface area contributed by atoms with Crippen molar-refractivity contribution in [2.75, 3.05) is 4.90 Å². The SMILES string of the molecule is CC(C)N(c1ccc2c(c1)Oc1ccccc1C21OC(=O)c2ccccc21)C(C)C. The summed E-state index contributed by atoms with van der Waals surface area (Å²) in [5.74, 6) is 1.14. The zero-order chi connectivity index (χ0) is 21.0. The Morgan fingerprint density at radius 3 is 2.13 bits per heavy atom. The number of fused-ring (bicyclic) bond motifs is 6. The van der Waals surface area contributed by atoms with Gasteiger partial charge in [-0.3, -0.25) is 0 Å². The van der Waals surface area contributed by atoms with Crippen LogP contribution in [0.4, 0.5) is 5.69 Å². The molecule has 0 bridgehead atoms. The quantitative estimate of drug-likeness (QED) is 0.516. The van der Waals surface area contributed by atoms with Crippen molar-refractivity contribution in [3.63, 3.8) is 0 Å². The summed E-state index contributed by atoms with van der Waals surface area (Å²) in [5, 5.41) is 0. The van der Waals surface area contributed by atoms with Gasteiger partial charge in [-0.1, -0.05) is 36.4 Å². The first-order valence-electron chi connectivity index (χ1n) is 10.5. The largest absolute Gasteiger partial charge is 0.456 e. The summed E-state index contributed by atoms with van der Waals surface area (Å²) in [5.41, 5.74) is 3.28. The third kappa shape index (κ3) is 2.49. The van der Waals surface area contributed by atoms with Gasteiger partial charge >= 0.3 is 5.97 Å². The molecule has 0 aliphatic carbocycles. The Morgan fingerprint density at radius 2 is 1.40 bits per heavy atom. The van der Waals surface area contributed by atoms with Gasteiger partial charge in [0, 0.05) is 40.5 Å². The number of nitrogens with zero attached hydrogens (tertiary/aromatic N) is 1. The molecule has 2 aliphatic heterocycles. The number of hydrogen-bond donors (Lipinski definition) is 0. The fourth-order valence-electron chi connectivity index (χ4n) is 4.97. The van der Waals surface area contributed by atoms with Gasteiger partial charge in [-0.25, -0.2) is 4.79 Å². The first-order chi connectivity index (χ1) is 14.4. The van der Waals surface area contributed by atoms with Crippen LogP contribution >= 0.6 is 0 Å². The predicted molar refractivity (Wildman–Crippen MR) is 117 cm³/mol. The number of para-hydroxylation sites is 1. The molecule has 0 amide bonds. The van der Waals surface area contributed by atoms with Crippen molar-refractivity contribution in [1.29, 1.82) is 0 Å². The van der Waals surface area contributed by atoms with Gasteiger partial charge in [0.15, 0.2) is 5.60 Å². The third-order valence-electron chi connectivity index (χ3n) is 6.01. The van der Waals surface area contributed by atoms with Crippen molar-refractivity contribution in [3.05, 3.63) is 89.0 Å². The summed E-state index contributed by atoms with van der Waals surface area (Å²) in [6.45, 7) is 8.75. The molecule has 5 rings (SSSR count). The van der Waals surface area contributed by atoms with Gasteiger partial charge in [-0.15, -0.1) is 0 Å². The van der Waals surface area contributed by atoms with Crippen molar-refractivity contribution in [3.8, 4) is 11.5 Å². The van der Waals surface area contributed by atoms with E-state index in [1.807, 2.05) is 54.6 Å². The van der Waals surface area contributed by atoms with E-state index in [1.54, 1.807) is 0 Å². The maximum Gasteiger partial charge on any atom is 0.340 e. The van der Waals surface area contributed by atoms with E-state index in [-0.39, 0.29) is 5.97 Å². The number of carbonyl (C=O) groups excluding carboxylic acids is 1. The van der Waals surface area contributed by atoms with E-state index in [9.17, 15) is 4.79 Å². The standard InChI is InChI=1S/C26H25NO3/c1-16(2)27(17(3)4)18-13-14-22-24(15-18)29-23-12-8-7-11-21(23)26(22)20-10-6-5-9-19(20)25(28)30-26/h5-17H,1-4H3. The Labute approximate surface area is 177 Å². The molecule has 4 heteroatoms. The summed E-state index contributed by atoms with van der Waals surface area (Å²) < 4.78 is 12.5. The third-order valence-corrected chi connectivity index (χ3v) is 6.01. The molecule has 1 spiro atoms. The molecule has 1 unspecified atom stereocenters. The zero-order valence-electron chi connectivity index (χ0n) is 17.7. The average molecular weight is 399 g/mol. The predicted octanol–water partition coefficient (Wildman–Crippen LogP) is 5.88. The second kappa shape index (κ2) is 6.63. The Hall–Kier alpha value is -3.27. The van der Waals surface area contributed by atoms with Crippen LogP contribution in [0.3, 0.4) is 0 Å². The van der Waals surface area contributed by atoms with E-state index in [0.29, 0.717) is 23.4 Å². The number of hydrogen-bond acceptors (Lipinski definition) is 4. The summed E-state index contributed by atoms with van der Waals surface area (Å²) in [7, 11) is 0.